The standard InChI is InChI=1S/C15H22O/c1-12(11-14(16)15(2,3)4)10-13-8-6-5-7-9-13/h5-9,11,14,16H,10H2,1-4H3/b12-11+/t14-/m1/s1. The first kappa shape index (κ1) is 13.0. The molecule has 0 radical (unpaired) electrons. The van der Waals surface area contributed by atoms with Crippen LogP contribution in [0.4, 0.5) is 0 Å². The number of hydrogen-bond acceptors (Lipinski definition) is 1. The first-order chi connectivity index (χ1) is 7.39. The molecule has 0 aliphatic rings. The van der Waals surface area contributed by atoms with Crippen LogP contribution in [0.2, 0.25) is 0 Å². The number of allylic oxidation sites excluding steroid dienone is 1. The highest BCUT2D eigenvalue weighted by Gasteiger charge is 2.19. The second-order valence-corrected chi connectivity index (χ2v) is 5.49. The summed E-state index contributed by atoms with van der Waals surface area (Å²) < 4.78 is 0. The van der Waals surface area contributed by atoms with Gasteiger partial charge in [-0.2, -0.15) is 0 Å². The minimum atomic E-state index is -0.379. The number of aliphatic hydroxyl groups excluding tert-OH is 1. The topological polar surface area (TPSA) is 20.2 Å². The quantitative estimate of drug-likeness (QED) is 0.769. The van der Waals surface area contributed by atoms with Gasteiger partial charge in [-0.25, -0.2) is 0 Å². The highest BCUT2D eigenvalue weighted by atomic mass is 16.3. The van der Waals surface area contributed by atoms with Crippen LogP contribution in [-0.2, 0) is 6.42 Å². The lowest BCUT2D eigenvalue weighted by Gasteiger charge is -2.23. The van der Waals surface area contributed by atoms with Crippen LogP contribution in [0, 0.1) is 5.41 Å². The smallest absolute Gasteiger partial charge is 0.0771 e. The molecule has 1 atom stereocenters. The molecule has 88 valence electrons. The summed E-state index contributed by atoms with van der Waals surface area (Å²) in [6.45, 7) is 8.21. The normalized spacial score (nSPS) is 14.9. The highest BCUT2D eigenvalue weighted by molar-refractivity contribution is 5.21. The number of aliphatic hydroxyl groups is 1. The molecule has 1 aromatic rings. The average Bonchev–Trinajstić information content (AvgIpc) is 2.17. The molecule has 1 nitrogen and oxygen atoms in total. The Kier molecular flexibility index (Phi) is 4.31. The van der Waals surface area contributed by atoms with Crippen molar-refractivity contribution in [3.05, 3.63) is 47.5 Å². The van der Waals surface area contributed by atoms with Gasteiger partial charge in [0, 0.05) is 0 Å². The third-order valence-corrected chi connectivity index (χ3v) is 2.66. The highest BCUT2D eigenvalue weighted by Crippen LogP contribution is 2.21. The van der Waals surface area contributed by atoms with Crippen LogP contribution in [-0.4, -0.2) is 11.2 Å². The van der Waals surface area contributed by atoms with Crippen molar-refractivity contribution in [3.8, 4) is 0 Å². The van der Waals surface area contributed by atoms with Gasteiger partial charge in [0.15, 0.2) is 0 Å². The first-order valence-electron chi connectivity index (χ1n) is 5.79. The Bertz CT molecular complexity index is 343. The summed E-state index contributed by atoms with van der Waals surface area (Å²) in [5.74, 6) is 0. The van der Waals surface area contributed by atoms with Gasteiger partial charge in [0.2, 0.25) is 0 Å². The molecule has 1 rings (SSSR count). The Hall–Kier alpha value is -1.08. The first-order valence-corrected chi connectivity index (χ1v) is 5.79. The largest absolute Gasteiger partial charge is 0.388 e. The van der Waals surface area contributed by atoms with Crippen LogP contribution in [0.3, 0.4) is 0 Å². The van der Waals surface area contributed by atoms with Crippen LogP contribution in [0.25, 0.3) is 0 Å². The van der Waals surface area contributed by atoms with E-state index in [2.05, 4.69) is 19.1 Å². The predicted octanol–water partition coefficient (Wildman–Crippen LogP) is 3.58. The molecule has 0 saturated heterocycles. The molecule has 0 amide bonds. The van der Waals surface area contributed by atoms with Crippen LogP contribution in [0.15, 0.2) is 42.0 Å². The zero-order valence-electron chi connectivity index (χ0n) is 10.7. The molecule has 1 heteroatoms. The van der Waals surface area contributed by atoms with Gasteiger partial charge < -0.3 is 5.11 Å². The van der Waals surface area contributed by atoms with Crippen molar-refractivity contribution in [2.24, 2.45) is 5.41 Å². The van der Waals surface area contributed by atoms with Crippen molar-refractivity contribution >= 4 is 0 Å². The van der Waals surface area contributed by atoms with E-state index in [1.165, 1.54) is 11.1 Å². The fourth-order valence-corrected chi connectivity index (χ4v) is 1.50. The van der Waals surface area contributed by atoms with Gasteiger partial charge in [0.25, 0.3) is 0 Å². The predicted molar refractivity (Wildman–Crippen MR) is 69.4 cm³/mol. The van der Waals surface area contributed by atoms with E-state index in [9.17, 15) is 5.11 Å². The Labute approximate surface area is 98.8 Å². The maximum atomic E-state index is 9.96. The zero-order chi connectivity index (χ0) is 12.2. The fraction of sp³-hybridized carbons (Fsp3) is 0.467. The molecular formula is C15H22O. The van der Waals surface area contributed by atoms with Crippen molar-refractivity contribution in [1.29, 1.82) is 0 Å². The van der Waals surface area contributed by atoms with Crippen molar-refractivity contribution < 1.29 is 5.11 Å². The number of hydrogen-bond donors (Lipinski definition) is 1. The van der Waals surface area contributed by atoms with E-state index in [1.54, 1.807) is 0 Å². The van der Waals surface area contributed by atoms with Gasteiger partial charge in [-0.3, -0.25) is 0 Å². The minimum absolute atomic E-state index is 0.0854. The molecular weight excluding hydrogens is 196 g/mol. The molecule has 0 spiro atoms. The summed E-state index contributed by atoms with van der Waals surface area (Å²) >= 11 is 0. The molecule has 16 heavy (non-hydrogen) atoms. The van der Waals surface area contributed by atoms with Crippen LogP contribution in [0.1, 0.15) is 33.3 Å². The maximum Gasteiger partial charge on any atom is 0.0771 e. The SMILES string of the molecule is C/C(=C\[C@@H](O)C(C)(C)C)Cc1ccccc1. The second kappa shape index (κ2) is 5.31. The van der Waals surface area contributed by atoms with Gasteiger partial charge in [-0.1, -0.05) is 62.8 Å². The fourth-order valence-electron chi connectivity index (χ4n) is 1.50. The van der Waals surface area contributed by atoms with Gasteiger partial charge in [0.1, 0.15) is 0 Å². The molecule has 0 aromatic heterocycles. The molecule has 1 aromatic carbocycles. The summed E-state index contributed by atoms with van der Waals surface area (Å²) in [5.41, 5.74) is 2.42. The molecule has 0 saturated carbocycles. The monoisotopic (exact) mass is 218 g/mol. The average molecular weight is 218 g/mol. The van der Waals surface area contributed by atoms with E-state index in [1.807, 2.05) is 45.0 Å². The third kappa shape index (κ3) is 4.19. The molecule has 1 N–H and O–H groups in total. The van der Waals surface area contributed by atoms with Crippen molar-refractivity contribution in [3.63, 3.8) is 0 Å². The van der Waals surface area contributed by atoms with E-state index in [4.69, 9.17) is 0 Å². The lowest BCUT2D eigenvalue weighted by Crippen LogP contribution is -2.24. The molecule has 0 bridgehead atoms. The maximum absolute atomic E-state index is 9.96. The van der Waals surface area contributed by atoms with Gasteiger partial charge >= 0.3 is 0 Å². The minimum Gasteiger partial charge on any atom is -0.388 e. The number of benzene rings is 1. The van der Waals surface area contributed by atoms with Crippen molar-refractivity contribution in [2.75, 3.05) is 0 Å². The van der Waals surface area contributed by atoms with Gasteiger partial charge in [-0.15, -0.1) is 0 Å². The summed E-state index contributed by atoms with van der Waals surface area (Å²) in [6, 6.07) is 10.3. The molecule has 0 aliphatic carbocycles. The van der Waals surface area contributed by atoms with Crippen molar-refractivity contribution in [1.82, 2.24) is 0 Å². The van der Waals surface area contributed by atoms with Gasteiger partial charge in [-0.05, 0) is 24.3 Å². The van der Waals surface area contributed by atoms with Gasteiger partial charge in [0.05, 0.1) is 6.10 Å². The molecule has 0 aliphatic heterocycles. The van der Waals surface area contributed by atoms with E-state index in [-0.39, 0.29) is 11.5 Å². The molecule has 0 unspecified atom stereocenters. The molecule has 0 fully saturated rings. The summed E-state index contributed by atoms with van der Waals surface area (Å²) in [6.07, 6.45) is 2.50. The van der Waals surface area contributed by atoms with E-state index in [0.29, 0.717) is 0 Å². The zero-order valence-corrected chi connectivity index (χ0v) is 10.7. The number of rotatable bonds is 3. The Morgan fingerprint density at radius 3 is 2.31 bits per heavy atom. The lowest BCUT2D eigenvalue weighted by atomic mass is 9.87. The Morgan fingerprint density at radius 2 is 1.81 bits per heavy atom. The summed E-state index contributed by atoms with van der Waals surface area (Å²) in [7, 11) is 0. The van der Waals surface area contributed by atoms with Crippen LogP contribution < -0.4 is 0 Å². The van der Waals surface area contributed by atoms with Crippen LogP contribution >= 0.6 is 0 Å². The summed E-state index contributed by atoms with van der Waals surface area (Å²) in [5, 5.41) is 9.96. The van der Waals surface area contributed by atoms with Crippen molar-refractivity contribution in [2.45, 2.75) is 40.2 Å². The lowest BCUT2D eigenvalue weighted by molar-refractivity contribution is 0.105. The Balaban J connectivity index is 2.66. The molecule has 0 heterocycles. The third-order valence-electron chi connectivity index (χ3n) is 2.66. The van der Waals surface area contributed by atoms with E-state index < -0.39 is 0 Å². The summed E-state index contributed by atoms with van der Waals surface area (Å²) in [4.78, 5) is 0. The van der Waals surface area contributed by atoms with E-state index >= 15 is 0 Å². The van der Waals surface area contributed by atoms with E-state index in [0.717, 1.165) is 6.42 Å². The van der Waals surface area contributed by atoms with Crippen LogP contribution in [0.5, 0.6) is 0 Å². The Morgan fingerprint density at radius 1 is 1.25 bits per heavy atom. The second-order valence-electron chi connectivity index (χ2n) is 5.49.